The summed E-state index contributed by atoms with van der Waals surface area (Å²) in [6.07, 6.45) is 0. The number of para-hydroxylation sites is 3. The zero-order valence-corrected chi connectivity index (χ0v) is 33.5. The molecule has 0 bridgehead atoms. The van der Waals surface area contributed by atoms with E-state index < -0.39 is 0 Å². The molecule has 12 rings (SSSR count). The van der Waals surface area contributed by atoms with Crippen molar-refractivity contribution >= 4 is 43.6 Å². The van der Waals surface area contributed by atoms with Crippen LogP contribution in [0.3, 0.4) is 0 Å². The van der Waals surface area contributed by atoms with E-state index in [9.17, 15) is 0 Å². The summed E-state index contributed by atoms with van der Waals surface area (Å²) in [5, 5.41) is 4.57. The molecule has 0 saturated carbocycles. The van der Waals surface area contributed by atoms with Crippen molar-refractivity contribution in [1.29, 1.82) is 0 Å². The van der Waals surface area contributed by atoms with Crippen molar-refractivity contribution in [3.8, 4) is 68.1 Å². The molecule has 0 unspecified atom stereocenters. The van der Waals surface area contributed by atoms with Crippen molar-refractivity contribution in [3.63, 3.8) is 0 Å². The van der Waals surface area contributed by atoms with Crippen molar-refractivity contribution in [2.24, 2.45) is 0 Å². The Kier molecular flexibility index (Phi) is 8.38. The van der Waals surface area contributed by atoms with E-state index in [-0.39, 0.29) is 0 Å². The minimum Gasteiger partial charge on any atom is -0.309 e. The van der Waals surface area contributed by atoms with E-state index in [4.69, 9.17) is 19.9 Å². The third-order valence-corrected chi connectivity index (χ3v) is 11.8. The predicted molar refractivity (Wildman–Crippen MR) is 253 cm³/mol. The third-order valence-electron chi connectivity index (χ3n) is 11.8. The van der Waals surface area contributed by atoms with E-state index in [1.807, 2.05) is 30.3 Å². The lowest BCUT2D eigenvalue weighted by molar-refractivity contribution is 0.955. The maximum atomic E-state index is 5.41. The Bertz CT molecular complexity index is 3560. The molecule has 0 radical (unpaired) electrons. The molecule has 62 heavy (non-hydrogen) atoms. The van der Waals surface area contributed by atoms with E-state index in [2.05, 4.69) is 197 Å². The maximum Gasteiger partial charge on any atom is 0.238 e. The summed E-state index contributed by atoms with van der Waals surface area (Å²) >= 11 is 0. The first kappa shape index (κ1) is 35.5. The van der Waals surface area contributed by atoms with E-state index >= 15 is 0 Å². The molecule has 0 spiro atoms. The Morgan fingerprint density at radius 1 is 0.290 bits per heavy atom. The Morgan fingerprint density at radius 2 is 0.806 bits per heavy atom. The van der Waals surface area contributed by atoms with Crippen LogP contribution in [-0.2, 0) is 0 Å². The van der Waals surface area contributed by atoms with Crippen LogP contribution in [0.1, 0.15) is 0 Å². The minimum atomic E-state index is 0.552. The van der Waals surface area contributed by atoms with Gasteiger partial charge in [0.25, 0.3) is 0 Å². The van der Waals surface area contributed by atoms with Crippen molar-refractivity contribution in [2.75, 3.05) is 0 Å². The molecular weight excluding hydrogens is 757 g/mol. The standard InChI is InChI=1S/C56H36N6/c1-5-18-37(19-6-1)47-35-42(36-48(57-47)38-20-7-2-8-21-38)40-24-17-25-41(34-40)55-58-54(39-22-9-3-10-23-39)59-56(60-55)62-49-30-15-13-28-44(49)45-32-33-51-52(53(45)62)46-29-14-16-31-50(46)61(51)43-26-11-4-12-27-43/h1-36H. The van der Waals surface area contributed by atoms with Gasteiger partial charge in [0, 0.05) is 49.5 Å². The highest BCUT2D eigenvalue weighted by atomic mass is 15.2. The Morgan fingerprint density at radius 3 is 1.47 bits per heavy atom. The highest BCUT2D eigenvalue weighted by Gasteiger charge is 2.23. The smallest absolute Gasteiger partial charge is 0.238 e. The number of pyridine rings is 1. The molecule has 0 aliphatic carbocycles. The molecule has 290 valence electrons. The van der Waals surface area contributed by atoms with E-state index in [0.717, 1.165) is 94.1 Å². The molecule has 0 aliphatic heterocycles. The van der Waals surface area contributed by atoms with Crippen molar-refractivity contribution in [2.45, 2.75) is 0 Å². The van der Waals surface area contributed by atoms with Gasteiger partial charge in [0.05, 0.1) is 33.5 Å². The lowest BCUT2D eigenvalue weighted by Crippen LogP contribution is -2.06. The molecule has 12 aromatic rings. The second-order valence-corrected chi connectivity index (χ2v) is 15.5. The number of rotatable bonds is 7. The third kappa shape index (κ3) is 5.96. The van der Waals surface area contributed by atoms with Crippen LogP contribution in [0.2, 0.25) is 0 Å². The lowest BCUT2D eigenvalue weighted by Gasteiger charge is -2.13. The maximum absolute atomic E-state index is 5.41. The molecule has 4 aromatic heterocycles. The van der Waals surface area contributed by atoms with Crippen LogP contribution in [0.15, 0.2) is 218 Å². The Hall–Kier alpha value is -8.48. The second-order valence-electron chi connectivity index (χ2n) is 15.5. The fourth-order valence-corrected chi connectivity index (χ4v) is 8.93. The lowest BCUT2D eigenvalue weighted by atomic mass is 9.98. The molecule has 0 aliphatic rings. The van der Waals surface area contributed by atoms with Crippen molar-refractivity contribution in [3.05, 3.63) is 218 Å². The highest BCUT2D eigenvalue weighted by Crippen LogP contribution is 2.42. The molecular formula is C56H36N6. The average Bonchev–Trinajstić information content (AvgIpc) is 3.88. The predicted octanol–water partition coefficient (Wildman–Crippen LogP) is 13.8. The summed E-state index contributed by atoms with van der Waals surface area (Å²) in [6.45, 7) is 0. The molecule has 0 fully saturated rings. The number of hydrogen-bond donors (Lipinski definition) is 0. The van der Waals surface area contributed by atoms with Crippen LogP contribution in [-0.4, -0.2) is 29.1 Å². The molecule has 6 nitrogen and oxygen atoms in total. The second kappa shape index (κ2) is 14.7. The number of hydrogen-bond acceptors (Lipinski definition) is 4. The Balaban J connectivity index is 1.11. The van der Waals surface area contributed by atoms with Gasteiger partial charge in [0.1, 0.15) is 0 Å². The largest absolute Gasteiger partial charge is 0.309 e. The topological polar surface area (TPSA) is 61.4 Å². The number of nitrogens with zero attached hydrogens (tertiary/aromatic N) is 6. The summed E-state index contributed by atoms with van der Waals surface area (Å²) < 4.78 is 4.61. The number of benzene rings is 8. The van der Waals surface area contributed by atoms with Gasteiger partial charge in [-0.25, -0.2) is 9.97 Å². The van der Waals surface area contributed by atoms with E-state index in [1.54, 1.807) is 0 Å². The quantitative estimate of drug-likeness (QED) is 0.161. The van der Waals surface area contributed by atoms with Gasteiger partial charge in [-0.15, -0.1) is 0 Å². The summed E-state index contributed by atoms with van der Waals surface area (Å²) in [5.41, 5.74) is 13.3. The fraction of sp³-hybridized carbons (Fsp3) is 0. The van der Waals surface area contributed by atoms with Crippen LogP contribution >= 0.6 is 0 Å². The molecule has 0 amide bonds. The minimum absolute atomic E-state index is 0.552. The van der Waals surface area contributed by atoms with Crippen molar-refractivity contribution < 1.29 is 0 Å². The normalized spacial score (nSPS) is 11.5. The summed E-state index contributed by atoms with van der Waals surface area (Å²) in [5.74, 6) is 1.74. The zero-order chi connectivity index (χ0) is 41.0. The van der Waals surface area contributed by atoms with E-state index in [0.29, 0.717) is 17.6 Å². The average molecular weight is 793 g/mol. The molecule has 0 N–H and O–H groups in total. The Labute approximate surface area is 357 Å². The first-order valence-corrected chi connectivity index (χ1v) is 20.8. The van der Waals surface area contributed by atoms with Gasteiger partial charge in [0.15, 0.2) is 11.6 Å². The molecule has 6 heteroatoms. The van der Waals surface area contributed by atoms with Crippen LogP contribution in [0.25, 0.3) is 112 Å². The molecule has 0 atom stereocenters. The monoisotopic (exact) mass is 792 g/mol. The van der Waals surface area contributed by atoms with Crippen LogP contribution in [0.4, 0.5) is 0 Å². The first-order valence-electron chi connectivity index (χ1n) is 20.8. The van der Waals surface area contributed by atoms with Gasteiger partial charge < -0.3 is 4.57 Å². The summed E-state index contributed by atoms with van der Waals surface area (Å²) in [4.78, 5) is 21.1. The van der Waals surface area contributed by atoms with Gasteiger partial charge in [-0.05, 0) is 59.7 Å². The van der Waals surface area contributed by atoms with Crippen molar-refractivity contribution in [1.82, 2.24) is 29.1 Å². The molecule has 0 saturated heterocycles. The molecule has 4 heterocycles. The zero-order valence-electron chi connectivity index (χ0n) is 33.5. The first-order chi connectivity index (χ1) is 30.7. The van der Waals surface area contributed by atoms with Crippen LogP contribution < -0.4 is 0 Å². The summed E-state index contributed by atoms with van der Waals surface area (Å²) in [7, 11) is 0. The van der Waals surface area contributed by atoms with Gasteiger partial charge in [0.2, 0.25) is 5.95 Å². The van der Waals surface area contributed by atoms with Gasteiger partial charge in [-0.1, -0.05) is 170 Å². The van der Waals surface area contributed by atoms with Gasteiger partial charge in [-0.3, -0.25) is 4.57 Å². The number of aromatic nitrogens is 6. The fourth-order valence-electron chi connectivity index (χ4n) is 8.93. The molecule has 8 aromatic carbocycles. The van der Waals surface area contributed by atoms with Crippen LogP contribution in [0, 0.1) is 0 Å². The van der Waals surface area contributed by atoms with Crippen LogP contribution in [0.5, 0.6) is 0 Å². The highest BCUT2D eigenvalue weighted by molar-refractivity contribution is 6.26. The van der Waals surface area contributed by atoms with E-state index in [1.165, 1.54) is 0 Å². The number of fused-ring (bicyclic) bond motifs is 7. The van der Waals surface area contributed by atoms with Gasteiger partial charge in [-0.2, -0.15) is 9.97 Å². The SMILES string of the molecule is c1ccc(-c2cc(-c3cccc(-c4nc(-c5ccccc5)nc(-n5c6ccccc6c6ccc7c(c8ccccc8n7-c7ccccc7)c65)n4)c3)cc(-c3ccccc3)n2)cc1. The summed E-state index contributed by atoms with van der Waals surface area (Å²) in [6, 6.07) is 76.1. The van der Waals surface area contributed by atoms with Gasteiger partial charge >= 0.3 is 0 Å².